The van der Waals surface area contributed by atoms with E-state index in [9.17, 15) is 4.79 Å². The molecule has 2 aromatic rings. The maximum Gasteiger partial charge on any atom is 0.255 e. The highest BCUT2D eigenvalue weighted by Gasteiger charge is 2.28. The number of nitrogens with zero attached hydrogens (tertiary/aromatic N) is 4. The fourth-order valence-corrected chi connectivity index (χ4v) is 3.58. The lowest BCUT2D eigenvalue weighted by Crippen LogP contribution is -2.49. The van der Waals surface area contributed by atoms with E-state index in [1.54, 1.807) is 0 Å². The smallest absolute Gasteiger partial charge is 0.255 e. The molecule has 1 aromatic heterocycles. The molecule has 2 unspecified atom stereocenters. The van der Waals surface area contributed by atoms with Gasteiger partial charge in [-0.15, -0.1) is 0 Å². The number of nitrogens with one attached hydrogen (secondary N) is 1. The number of primary amides is 1. The molecule has 2 heterocycles. The van der Waals surface area contributed by atoms with Crippen LogP contribution in [0.4, 0.5) is 0 Å². The highest BCUT2D eigenvalue weighted by Crippen LogP contribution is 2.27. The fourth-order valence-electron chi connectivity index (χ4n) is 3.58. The number of imidazole rings is 1. The van der Waals surface area contributed by atoms with Gasteiger partial charge in [-0.2, -0.15) is 0 Å². The number of guanidine groups is 1. The van der Waals surface area contributed by atoms with E-state index in [0.717, 1.165) is 37.6 Å². The Hall–Kier alpha value is -3.03. The quantitative estimate of drug-likeness (QED) is 0.547. The number of likely N-dealkylation sites (tertiary alicyclic amines) is 1. The van der Waals surface area contributed by atoms with Gasteiger partial charge in [0.05, 0.1) is 18.9 Å². The number of nitrogens with two attached hydrogens (primary N) is 1. The van der Waals surface area contributed by atoms with Crippen LogP contribution in [0, 0.1) is 5.92 Å². The van der Waals surface area contributed by atoms with Crippen molar-refractivity contribution in [2.75, 3.05) is 26.2 Å². The average Bonchev–Trinajstić information content (AvgIpc) is 3.25. The molecular formula is C21H30N6O2. The summed E-state index contributed by atoms with van der Waals surface area (Å²) in [7, 11) is 0. The summed E-state index contributed by atoms with van der Waals surface area (Å²) < 4.78 is 7.58. The van der Waals surface area contributed by atoms with Crippen molar-refractivity contribution in [1.82, 2.24) is 19.8 Å². The number of rotatable bonds is 7. The van der Waals surface area contributed by atoms with Gasteiger partial charge in [-0.1, -0.05) is 19.1 Å². The number of amides is 1. The number of aliphatic imine (C=N–C) groups is 1. The van der Waals surface area contributed by atoms with Gasteiger partial charge >= 0.3 is 0 Å². The first-order valence-electron chi connectivity index (χ1n) is 10.1. The van der Waals surface area contributed by atoms with Crippen LogP contribution in [0.5, 0.6) is 5.75 Å². The minimum absolute atomic E-state index is 0.128. The van der Waals surface area contributed by atoms with Gasteiger partial charge in [0.2, 0.25) is 0 Å². The zero-order valence-corrected chi connectivity index (χ0v) is 17.1. The van der Waals surface area contributed by atoms with Crippen molar-refractivity contribution in [2.24, 2.45) is 16.6 Å². The summed E-state index contributed by atoms with van der Waals surface area (Å²) in [4.78, 5) is 22.3. The molecule has 1 fully saturated rings. The maximum absolute atomic E-state index is 10.9. The van der Waals surface area contributed by atoms with Crippen LogP contribution < -0.4 is 15.8 Å². The summed E-state index contributed by atoms with van der Waals surface area (Å²) in [5.41, 5.74) is 6.16. The number of carbonyl (C=O) groups is 1. The number of ether oxygens (including phenoxy) is 1. The standard InChI is InChI=1S/C21H30N6O2/c1-3-24-21(25-12-17-5-4-6-18(11-17)29-14-20(22)28)26-9-7-16(2)19(13-26)27-10-8-23-15-27/h4-6,8,10-11,15-16,19H,3,7,9,12-14H2,1-2H3,(H2,22,28)(H,24,25). The second-order valence-corrected chi connectivity index (χ2v) is 7.36. The molecule has 8 nitrogen and oxygen atoms in total. The molecule has 0 saturated carbocycles. The summed E-state index contributed by atoms with van der Waals surface area (Å²) in [6.45, 7) is 7.44. The molecule has 1 aliphatic heterocycles. The van der Waals surface area contributed by atoms with Crippen molar-refractivity contribution in [3.05, 3.63) is 48.5 Å². The van der Waals surface area contributed by atoms with E-state index in [-0.39, 0.29) is 6.61 Å². The van der Waals surface area contributed by atoms with Crippen molar-refractivity contribution >= 4 is 11.9 Å². The summed E-state index contributed by atoms with van der Waals surface area (Å²) in [5.74, 6) is 1.62. The highest BCUT2D eigenvalue weighted by atomic mass is 16.5. The molecule has 156 valence electrons. The molecule has 0 bridgehead atoms. The summed E-state index contributed by atoms with van der Waals surface area (Å²) in [6.07, 6.45) is 6.86. The molecule has 2 atom stereocenters. The molecule has 1 aromatic carbocycles. The van der Waals surface area contributed by atoms with E-state index in [2.05, 4.69) is 33.6 Å². The normalized spacial score (nSPS) is 19.8. The van der Waals surface area contributed by atoms with Gasteiger partial charge in [0.15, 0.2) is 12.6 Å². The van der Waals surface area contributed by atoms with Gasteiger partial charge < -0.3 is 25.3 Å². The lowest BCUT2D eigenvalue weighted by molar-refractivity contribution is -0.119. The van der Waals surface area contributed by atoms with Crippen LogP contribution in [0.25, 0.3) is 0 Å². The number of piperidine rings is 1. The maximum atomic E-state index is 10.9. The topological polar surface area (TPSA) is 97.8 Å². The fraction of sp³-hybridized carbons (Fsp3) is 0.476. The second-order valence-electron chi connectivity index (χ2n) is 7.36. The second kappa shape index (κ2) is 9.95. The largest absolute Gasteiger partial charge is 0.484 e. The molecule has 29 heavy (non-hydrogen) atoms. The molecule has 0 radical (unpaired) electrons. The lowest BCUT2D eigenvalue weighted by atomic mass is 9.93. The van der Waals surface area contributed by atoms with E-state index in [1.165, 1.54) is 0 Å². The van der Waals surface area contributed by atoms with Crippen molar-refractivity contribution in [3.63, 3.8) is 0 Å². The predicted octanol–water partition coefficient (Wildman–Crippen LogP) is 1.80. The molecule has 3 N–H and O–H groups in total. The van der Waals surface area contributed by atoms with Crippen LogP contribution in [0.15, 0.2) is 48.0 Å². The van der Waals surface area contributed by atoms with Gasteiger partial charge in [-0.05, 0) is 37.0 Å². The Kier molecular flexibility index (Phi) is 7.10. The van der Waals surface area contributed by atoms with Gasteiger partial charge in [0.1, 0.15) is 5.75 Å². The number of aromatic nitrogens is 2. The van der Waals surface area contributed by atoms with Crippen molar-refractivity contribution < 1.29 is 9.53 Å². The first kappa shape index (κ1) is 20.7. The van der Waals surface area contributed by atoms with Crippen LogP contribution in [-0.4, -0.2) is 52.6 Å². The van der Waals surface area contributed by atoms with Gasteiger partial charge in [-0.25, -0.2) is 9.98 Å². The molecule has 8 heteroatoms. The summed E-state index contributed by atoms with van der Waals surface area (Å²) >= 11 is 0. The summed E-state index contributed by atoms with van der Waals surface area (Å²) in [6, 6.07) is 7.97. The van der Waals surface area contributed by atoms with Crippen LogP contribution in [0.2, 0.25) is 0 Å². The molecule has 1 aliphatic rings. The minimum Gasteiger partial charge on any atom is -0.484 e. The van der Waals surface area contributed by atoms with E-state index in [0.29, 0.717) is 24.3 Å². The predicted molar refractivity (Wildman–Crippen MR) is 113 cm³/mol. The Morgan fingerprint density at radius 3 is 3.03 bits per heavy atom. The van der Waals surface area contributed by atoms with Crippen LogP contribution >= 0.6 is 0 Å². The first-order chi connectivity index (χ1) is 14.1. The van der Waals surface area contributed by atoms with Crippen molar-refractivity contribution in [2.45, 2.75) is 32.9 Å². The monoisotopic (exact) mass is 398 g/mol. The Morgan fingerprint density at radius 2 is 2.31 bits per heavy atom. The van der Waals surface area contributed by atoms with Gasteiger partial charge in [0.25, 0.3) is 5.91 Å². The van der Waals surface area contributed by atoms with Gasteiger partial charge in [-0.3, -0.25) is 4.79 Å². The molecule has 0 spiro atoms. The lowest BCUT2D eigenvalue weighted by Gasteiger charge is -2.39. The van der Waals surface area contributed by atoms with E-state index >= 15 is 0 Å². The SMILES string of the molecule is CCNC(=NCc1cccc(OCC(N)=O)c1)N1CCC(C)C(n2ccnc2)C1. The van der Waals surface area contributed by atoms with E-state index < -0.39 is 5.91 Å². The van der Waals surface area contributed by atoms with E-state index in [4.69, 9.17) is 15.5 Å². The third kappa shape index (κ3) is 5.73. The number of hydrogen-bond acceptors (Lipinski definition) is 4. The number of benzene rings is 1. The zero-order valence-electron chi connectivity index (χ0n) is 17.1. The van der Waals surface area contributed by atoms with Gasteiger partial charge in [0, 0.05) is 32.0 Å². The Morgan fingerprint density at radius 1 is 1.45 bits per heavy atom. The molecule has 0 aliphatic carbocycles. The van der Waals surface area contributed by atoms with Crippen molar-refractivity contribution in [1.29, 1.82) is 0 Å². The first-order valence-corrected chi connectivity index (χ1v) is 10.1. The molecule has 3 rings (SSSR count). The third-order valence-electron chi connectivity index (χ3n) is 5.15. The summed E-state index contributed by atoms with van der Waals surface area (Å²) in [5, 5.41) is 3.42. The third-order valence-corrected chi connectivity index (χ3v) is 5.15. The van der Waals surface area contributed by atoms with Crippen LogP contribution in [-0.2, 0) is 11.3 Å². The Bertz CT molecular complexity index is 820. The number of carbonyl (C=O) groups excluding carboxylic acids is 1. The van der Waals surface area contributed by atoms with Crippen LogP contribution in [0.3, 0.4) is 0 Å². The highest BCUT2D eigenvalue weighted by molar-refractivity contribution is 5.80. The Labute approximate surface area is 171 Å². The van der Waals surface area contributed by atoms with E-state index in [1.807, 2.05) is 43.0 Å². The minimum atomic E-state index is -0.491. The molecular weight excluding hydrogens is 368 g/mol. The average molecular weight is 399 g/mol. The van der Waals surface area contributed by atoms with Crippen LogP contribution in [0.1, 0.15) is 31.9 Å². The number of hydrogen-bond donors (Lipinski definition) is 2. The Balaban J connectivity index is 1.69. The van der Waals surface area contributed by atoms with Crippen molar-refractivity contribution in [3.8, 4) is 5.75 Å². The molecule has 1 saturated heterocycles. The zero-order chi connectivity index (χ0) is 20.6. The molecule has 1 amide bonds.